The van der Waals surface area contributed by atoms with E-state index in [4.69, 9.17) is 10.5 Å². The number of aliphatic imine (C=N–C) groups is 2. The van der Waals surface area contributed by atoms with Gasteiger partial charge in [0, 0.05) is 30.9 Å². The number of rotatable bonds is 7. The van der Waals surface area contributed by atoms with E-state index in [-0.39, 0.29) is 17.7 Å². The molecule has 168 valence electrons. The minimum atomic E-state index is -0.172. The van der Waals surface area contributed by atoms with Gasteiger partial charge in [-0.15, -0.1) is 0 Å². The quantitative estimate of drug-likeness (QED) is 0.702. The van der Waals surface area contributed by atoms with Crippen molar-refractivity contribution >= 4 is 23.8 Å². The number of hydrogen-bond acceptors (Lipinski definition) is 6. The first-order valence-corrected chi connectivity index (χ1v) is 11.2. The summed E-state index contributed by atoms with van der Waals surface area (Å²) in [5, 5.41) is 3.29. The number of primary amides is 1. The average molecular weight is 434 g/mol. The monoisotopic (exact) mass is 433 g/mol. The van der Waals surface area contributed by atoms with Gasteiger partial charge < -0.3 is 20.7 Å². The molecular weight excluding hydrogens is 402 g/mol. The molecular formula is C25H31N5O2. The number of nitrogens with one attached hydrogen (secondary N) is 1. The van der Waals surface area contributed by atoms with Gasteiger partial charge >= 0.3 is 0 Å². The second kappa shape index (κ2) is 10.4. The second-order valence-electron chi connectivity index (χ2n) is 8.44. The number of methoxy groups -OCH3 is 1. The molecule has 7 heteroatoms. The molecule has 0 bridgehead atoms. The van der Waals surface area contributed by atoms with Crippen molar-refractivity contribution in [1.29, 1.82) is 0 Å². The first-order chi connectivity index (χ1) is 15.6. The highest BCUT2D eigenvalue weighted by Gasteiger charge is 2.23. The summed E-state index contributed by atoms with van der Waals surface area (Å²) < 4.78 is 5.22. The van der Waals surface area contributed by atoms with Crippen LogP contribution in [0.25, 0.3) is 0 Å². The normalized spacial score (nSPS) is 21.1. The number of carbonyl (C=O) groups is 1. The van der Waals surface area contributed by atoms with Gasteiger partial charge in [0.2, 0.25) is 11.9 Å². The maximum atomic E-state index is 11.5. The molecule has 2 heterocycles. The Kier molecular flexibility index (Phi) is 7.17. The van der Waals surface area contributed by atoms with Crippen LogP contribution in [0.4, 0.5) is 5.69 Å². The van der Waals surface area contributed by atoms with Crippen molar-refractivity contribution in [2.24, 2.45) is 21.6 Å². The molecule has 4 rings (SSSR count). The van der Waals surface area contributed by atoms with E-state index in [9.17, 15) is 4.79 Å². The van der Waals surface area contributed by atoms with E-state index in [1.165, 1.54) is 11.1 Å². The molecule has 32 heavy (non-hydrogen) atoms. The lowest BCUT2D eigenvalue weighted by molar-refractivity contribution is -0.123. The minimum Gasteiger partial charge on any atom is -0.497 e. The first-order valence-electron chi connectivity index (χ1n) is 11.2. The zero-order chi connectivity index (χ0) is 22.3. The third-order valence-electron chi connectivity index (χ3n) is 6.19. The number of amides is 1. The molecule has 2 aliphatic heterocycles. The Morgan fingerprint density at radius 2 is 1.97 bits per heavy atom. The molecule has 0 aliphatic carbocycles. The molecule has 0 aromatic heterocycles. The summed E-state index contributed by atoms with van der Waals surface area (Å²) in [7, 11) is 1.67. The van der Waals surface area contributed by atoms with Gasteiger partial charge in [0.15, 0.2) is 0 Å². The lowest BCUT2D eigenvalue weighted by atomic mass is 9.97. The van der Waals surface area contributed by atoms with Crippen LogP contribution in [0.15, 0.2) is 58.5 Å². The summed E-state index contributed by atoms with van der Waals surface area (Å²) in [5.74, 6) is 1.48. The van der Waals surface area contributed by atoms with Gasteiger partial charge in [-0.2, -0.15) is 0 Å². The largest absolute Gasteiger partial charge is 0.497 e. The van der Waals surface area contributed by atoms with Gasteiger partial charge in [-0.25, -0.2) is 4.99 Å². The van der Waals surface area contributed by atoms with E-state index in [1.54, 1.807) is 7.11 Å². The number of ether oxygens (including phenoxy) is 1. The van der Waals surface area contributed by atoms with E-state index in [2.05, 4.69) is 56.6 Å². The molecule has 1 saturated heterocycles. The van der Waals surface area contributed by atoms with Crippen molar-refractivity contribution in [3.05, 3.63) is 59.7 Å². The molecule has 0 saturated carbocycles. The van der Waals surface area contributed by atoms with Crippen molar-refractivity contribution < 1.29 is 9.53 Å². The maximum absolute atomic E-state index is 11.5. The fourth-order valence-corrected chi connectivity index (χ4v) is 4.21. The van der Waals surface area contributed by atoms with Crippen LogP contribution in [0, 0.1) is 5.92 Å². The predicted molar refractivity (Wildman–Crippen MR) is 129 cm³/mol. The Morgan fingerprint density at radius 1 is 1.19 bits per heavy atom. The third-order valence-corrected chi connectivity index (χ3v) is 6.19. The Hall–Kier alpha value is -3.19. The van der Waals surface area contributed by atoms with Gasteiger partial charge in [0.1, 0.15) is 5.75 Å². The summed E-state index contributed by atoms with van der Waals surface area (Å²) in [6.45, 7) is 3.43. The summed E-state index contributed by atoms with van der Waals surface area (Å²) in [6, 6.07) is 16.4. The molecule has 2 atom stereocenters. The summed E-state index contributed by atoms with van der Waals surface area (Å²) in [6.07, 6.45) is 4.86. The Bertz CT molecular complexity index is 969. The summed E-state index contributed by atoms with van der Waals surface area (Å²) >= 11 is 0. The van der Waals surface area contributed by atoms with Crippen molar-refractivity contribution in [3.63, 3.8) is 0 Å². The second-order valence-corrected chi connectivity index (χ2v) is 8.44. The number of hydrogen-bond donors (Lipinski definition) is 2. The number of nitrogens with two attached hydrogens (primary N) is 1. The number of guanidine groups is 1. The van der Waals surface area contributed by atoms with E-state index >= 15 is 0 Å². The third kappa shape index (κ3) is 5.73. The lowest BCUT2D eigenvalue weighted by Gasteiger charge is -2.31. The Labute approximate surface area is 189 Å². The predicted octanol–water partition coefficient (Wildman–Crippen LogP) is 3.07. The van der Waals surface area contributed by atoms with Crippen molar-refractivity contribution in [2.75, 3.05) is 38.6 Å². The fraction of sp³-hybridized carbons (Fsp3) is 0.400. The summed E-state index contributed by atoms with van der Waals surface area (Å²) in [5.41, 5.74) is 8.90. The van der Waals surface area contributed by atoms with Gasteiger partial charge in [0.25, 0.3) is 0 Å². The van der Waals surface area contributed by atoms with Gasteiger partial charge in [-0.05, 0) is 61.2 Å². The van der Waals surface area contributed by atoms with Crippen LogP contribution < -0.4 is 15.8 Å². The molecule has 3 N–H and O–H groups in total. The number of nitrogens with zero attached hydrogens (tertiary/aromatic N) is 3. The molecule has 2 aliphatic rings. The highest BCUT2D eigenvalue weighted by Crippen LogP contribution is 2.21. The van der Waals surface area contributed by atoms with Crippen LogP contribution in [0.5, 0.6) is 5.75 Å². The fourth-order valence-electron chi connectivity index (χ4n) is 4.21. The zero-order valence-corrected chi connectivity index (χ0v) is 18.5. The number of piperidine rings is 1. The number of anilines is 1. The van der Waals surface area contributed by atoms with Crippen LogP contribution in [0.3, 0.4) is 0 Å². The molecule has 2 aromatic carbocycles. The maximum Gasteiger partial charge on any atom is 0.222 e. The minimum absolute atomic E-state index is 0.00327. The zero-order valence-electron chi connectivity index (χ0n) is 18.5. The average Bonchev–Trinajstić information content (AvgIpc) is 2.84. The SMILES string of the molecule is COc1ccc(C2C=NC(Nc3ccc(CCN4CCCC(C(N)=O)C4)cc3)=NC2)cc1. The molecule has 0 spiro atoms. The highest BCUT2D eigenvalue weighted by molar-refractivity contribution is 6.00. The molecule has 2 aromatic rings. The lowest BCUT2D eigenvalue weighted by Crippen LogP contribution is -2.41. The highest BCUT2D eigenvalue weighted by atomic mass is 16.5. The van der Waals surface area contributed by atoms with Crippen molar-refractivity contribution in [3.8, 4) is 5.75 Å². The van der Waals surface area contributed by atoms with E-state index in [0.717, 1.165) is 50.3 Å². The summed E-state index contributed by atoms with van der Waals surface area (Å²) in [4.78, 5) is 22.9. The van der Waals surface area contributed by atoms with Gasteiger partial charge in [-0.1, -0.05) is 24.3 Å². The molecule has 1 amide bonds. The first kappa shape index (κ1) is 22.0. The van der Waals surface area contributed by atoms with Crippen LogP contribution in [0.2, 0.25) is 0 Å². The van der Waals surface area contributed by atoms with Crippen LogP contribution in [0.1, 0.15) is 29.9 Å². The van der Waals surface area contributed by atoms with Crippen LogP contribution in [-0.2, 0) is 11.2 Å². The smallest absolute Gasteiger partial charge is 0.222 e. The van der Waals surface area contributed by atoms with Crippen molar-refractivity contribution in [2.45, 2.75) is 25.2 Å². The number of likely N-dealkylation sites (tertiary alicyclic amines) is 1. The van der Waals surface area contributed by atoms with E-state index < -0.39 is 0 Å². The van der Waals surface area contributed by atoms with E-state index in [1.807, 2.05) is 18.3 Å². The Morgan fingerprint density at radius 3 is 2.62 bits per heavy atom. The van der Waals surface area contributed by atoms with Gasteiger partial charge in [0.05, 0.1) is 19.6 Å². The van der Waals surface area contributed by atoms with Crippen LogP contribution in [-0.4, -0.2) is 56.3 Å². The standard InChI is InChI=1S/C25H31N5O2/c1-32-23-10-6-19(7-11-23)21-15-27-25(28-16-21)29-22-8-4-18(5-9-22)12-14-30-13-2-3-20(17-30)24(26)31/h4-11,15,20-21H,2-3,12-14,16-17H2,1H3,(H2,26,31)(H,28,29). The molecule has 1 fully saturated rings. The Balaban J connectivity index is 1.25. The topological polar surface area (TPSA) is 92.3 Å². The van der Waals surface area contributed by atoms with Crippen molar-refractivity contribution in [1.82, 2.24) is 4.90 Å². The number of benzene rings is 2. The molecule has 0 radical (unpaired) electrons. The molecule has 2 unspecified atom stereocenters. The number of carbonyl (C=O) groups excluding carboxylic acids is 1. The van der Waals surface area contributed by atoms with Gasteiger partial charge in [-0.3, -0.25) is 9.79 Å². The van der Waals surface area contributed by atoms with E-state index in [0.29, 0.717) is 12.5 Å². The molecule has 7 nitrogen and oxygen atoms in total. The van der Waals surface area contributed by atoms with Crippen LogP contribution >= 0.6 is 0 Å².